The molecule has 18 heavy (non-hydrogen) atoms. The minimum atomic E-state index is -0.985. The summed E-state index contributed by atoms with van der Waals surface area (Å²) in [6, 6.07) is -0.521. The monoisotopic (exact) mass is 257 g/mol. The fourth-order valence-electron chi connectivity index (χ4n) is 2.15. The minimum Gasteiger partial charge on any atom is -0.480 e. The van der Waals surface area contributed by atoms with Crippen LogP contribution in [0.4, 0.5) is 4.79 Å². The third-order valence-corrected chi connectivity index (χ3v) is 3.65. The quantitative estimate of drug-likeness (QED) is 0.776. The first-order valence-electron chi connectivity index (χ1n) is 6.37. The normalized spacial score (nSPS) is 26.8. The number of urea groups is 1. The predicted molar refractivity (Wildman–Crippen MR) is 68.5 cm³/mol. The molecule has 0 saturated carbocycles. The van der Waals surface area contributed by atoms with E-state index in [-0.39, 0.29) is 18.1 Å². The first-order valence-corrected chi connectivity index (χ1v) is 6.37. The standard InChI is InChI=1S/C12H23N3O3/c1-5-10(11(16)17)13-12(18)15-6-8(2)14(4)9(3)7-15/h8-10H,5-7H2,1-4H3,(H,13,18)(H,16,17). The van der Waals surface area contributed by atoms with Crippen LogP contribution in [0, 0.1) is 0 Å². The average molecular weight is 257 g/mol. The molecule has 1 aliphatic heterocycles. The van der Waals surface area contributed by atoms with Crippen molar-refractivity contribution in [3.05, 3.63) is 0 Å². The number of hydrogen-bond donors (Lipinski definition) is 2. The number of aliphatic carboxylic acids is 1. The highest BCUT2D eigenvalue weighted by atomic mass is 16.4. The van der Waals surface area contributed by atoms with Gasteiger partial charge >= 0.3 is 12.0 Å². The number of nitrogens with one attached hydrogen (secondary N) is 1. The first-order chi connectivity index (χ1) is 8.36. The summed E-state index contributed by atoms with van der Waals surface area (Å²) in [5.74, 6) is -0.985. The van der Waals surface area contributed by atoms with Crippen molar-refractivity contribution < 1.29 is 14.7 Å². The lowest BCUT2D eigenvalue weighted by atomic mass is 10.1. The van der Waals surface area contributed by atoms with Crippen LogP contribution < -0.4 is 5.32 Å². The van der Waals surface area contributed by atoms with E-state index >= 15 is 0 Å². The van der Waals surface area contributed by atoms with E-state index in [4.69, 9.17) is 5.11 Å². The van der Waals surface area contributed by atoms with Gasteiger partial charge in [0.1, 0.15) is 6.04 Å². The molecule has 6 heteroatoms. The van der Waals surface area contributed by atoms with Crippen LogP contribution in [0.1, 0.15) is 27.2 Å². The van der Waals surface area contributed by atoms with Crippen LogP contribution in [0.3, 0.4) is 0 Å². The molecule has 1 aliphatic rings. The smallest absolute Gasteiger partial charge is 0.326 e. The maximum Gasteiger partial charge on any atom is 0.326 e. The van der Waals surface area contributed by atoms with Crippen molar-refractivity contribution in [2.45, 2.75) is 45.3 Å². The fourth-order valence-corrected chi connectivity index (χ4v) is 2.15. The molecule has 1 heterocycles. The zero-order valence-electron chi connectivity index (χ0n) is 11.5. The number of nitrogens with zero attached hydrogens (tertiary/aromatic N) is 2. The Kier molecular flexibility index (Phi) is 4.95. The molecule has 1 saturated heterocycles. The second kappa shape index (κ2) is 6.04. The first kappa shape index (κ1) is 14.8. The maximum atomic E-state index is 12.0. The number of carboxylic acids is 1. The van der Waals surface area contributed by atoms with Gasteiger partial charge < -0.3 is 15.3 Å². The Labute approximate surface area is 108 Å². The van der Waals surface area contributed by atoms with Gasteiger partial charge in [0, 0.05) is 25.2 Å². The highest BCUT2D eigenvalue weighted by Crippen LogP contribution is 2.13. The third kappa shape index (κ3) is 3.35. The molecule has 6 nitrogen and oxygen atoms in total. The molecule has 1 rings (SSSR count). The third-order valence-electron chi connectivity index (χ3n) is 3.65. The topological polar surface area (TPSA) is 72.9 Å². The Morgan fingerprint density at radius 2 is 1.83 bits per heavy atom. The van der Waals surface area contributed by atoms with Gasteiger partial charge in [-0.2, -0.15) is 0 Å². The zero-order chi connectivity index (χ0) is 13.9. The SMILES string of the molecule is CCC(NC(=O)N1CC(C)N(C)C(C)C1)C(=O)O. The molecule has 104 valence electrons. The summed E-state index contributed by atoms with van der Waals surface area (Å²) >= 11 is 0. The number of rotatable bonds is 3. The molecule has 0 aliphatic carbocycles. The van der Waals surface area contributed by atoms with Crippen LogP contribution in [-0.2, 0) is 4.79 Å². The van der Waals surface area contributed by atoms with E-state index < -0.39 is 12.0 Å². The van der Waals surface area contributed by atoms with Gasteiger partial charge in [-0.3, -0.25) is 4.90 Å². The van der Waals surface area contributed by atoms with Crippen molar-refractivity contribution in [2.24, 2.45) is 0 Å². The second-order valence-electron chi connectivity index (χ2n) is 5.02. The van der Waals surface area contributed by atoms with Crippen LogP contribution in [0.25, 0.3) is 0 Å². The molecule has 0 bridgehead atoms. The van der Waals surface area contributed by atoms with Gasteiger partial charge in [-0.1, -0.05) is 6.92 Å². The molecule has 1 fully saturated rings. The number of hydrogen-bond acceptors (Lipinski definition) is 3. The Balaban J connectivity index is 2.59. The lowest BCUT2D eigenvalue weighted by molar-refractivity contribution is -0.139. The highest BCUT2D eigenvalue weighted by Gasteiger charge is 2.30. The number of amides is 2. The largest absolute Gasteiger partial charge is 0.480 e. The van der Waals surface area contributed by atoms with Gasteiger partial charge in [0.15, 0.2) is 0 Å². The lowest BCUT2D eigenvalue weighted by Crippen LogP contribution is -2.59. The summed E-state index contributed by atoms with van der Waals surface area (Å²) in [6.45, 7) is 7.12. The van der Waals surface area contributed by atoms with E-state index in [1.165, 1.54) is 0 Å². The Morgan fingerprint density at radius 1 is 1.33 bits per heavy atom. The average Bonchev–Trinajstić information content (AvgIpc) is 2.31. The predicted octanol–water partition coefficient (Wildman–Crippen LogP) is 0.584. The highest BCUT2D eigenvalue weighted by molar-refractivity contribution is 5.82. The van der Waals surface area contributed by atoms with Crippen molar-refractivity contribution in [2.75, 3.05) is 20.1 Å². The molecule has 0 aromatic carbocycles. The van der Waals surface area contributed by atoms with Crippen LogP contribution in [0.2, 0.25) is 0 Å². The van der Waals surface area contributed by atoms with E-state index in [1.807, 2.05) is 7.05 Å². The van der Waals surface area contributed by atoms with Crippen molar-refractivity contribution in [3.8, 4) is 0 Å². The van der Waals surface area contributed by atoms with E-state index in [0.717, 1.165) is 0 Å². The van der Waals surface area contributed by atoms with Gasteiger partial charge in [0.2, 0.25) is 0 Å². The van der Waals surface area contributed by atoms with Crippen LogP contribution in [-0.4, -0.2) is 65.2 Å². The summed E-state index contributed by atoms with van der Waals surface area (Å²) in [5, 5.41) is 11.5. The molecule has 0 radical (unpaired) electrons. The van der Waals surface area contributed by atoms with Crippen LogP contribution in [0.5, 0.6) is 0 Å². The molecular weight excluding hydrogens is 234 g/mol. The second-order valence-corrected chi connectivity index (χ2v) is 5.02. The van der Waals surface area contributed by atoms with Gasteiger partial charge in [0.05, 0.1) is 0 Å². The van der Waals surface area contributed by atoms with Gasteiger partial charge in [-0.15, -0.1) is 0 Å². The number of carboxylic acid groups (broad SMARTS) is 1. The van der Waals surface area contributed by atoms with Crippen LogP contribution in [0.15, 0.2) is 0 Å². The summed E-state index contributed by atoms with van der Waals surface area (Å²) in [7, 11) is 2.04. The molecule has 0 aromatic heterocycles. The van der Waals surface area contributed by atoms with Crippen molar-refractivity contribution >= 4 is 12.0 Å². The minimum absolute atomic E-state index is 0.281. The molecule has 0 aromatic rings. The molecule has 3 atom stereocenters. The zero-order valence-corrected chi connectivity index (χ0v) is 11.5. The van der Waals surface area contributed by atoms with E-state index in [2.05, 4.69) is 24.1 Å². The van der Waals surface area contributed by atoms with Gasteiger partial charge in [0.25, 0.3) is 0 Å². The van der Waals surface area contributed by atoms with E-state index in [1.54, 1.807) is 11.8 Å². The Hall–Kier alpha value is -1.30. The molecule has 2 amide bonds. The number of carbonyl (C=O) groups excluding carboxylic acids is 1. The fraction of sp³-hybridized carbons (Fsp3) is 0.833. The van der Waals surface area contributed by atoms with Crippen molar-refractivity contribution in [3.63, 3.8) is 0 Å². The maximum absolute atomic E-state index is 12.0. The van der Waals surface area contributed by atoms with Gasteiger partial charge in [-0.25, -0.2) is 9.59 Å². The Morgan fingerprint density at radius 3 is 2.22 bits per heavy atom. The van der Waals surface area contributed by atoms with Crippen molar-refractivity contribution in [1.82, 2.24) is 15.1 Å². The van der Waals surface area contributed by atoms with Crippen molar-refractivity contribution in [1.29, 1.82) is 0 Å². The number of carbonyl (C=O) groups is 2. The number of likely N-dealkylation sites (N-methyl/N-ethyl adjacent to an activating group) is 1. The Bertz CT molecular complexity index is 310. The lowest BCUT2D eigenvalue weighted by Gasteiger charge is -2.42. The van der Waals surface area contributed by atoms with E-state index in [0.29, 0.717) is 19.5 Å². The number of piperazine rings is 1. The summed E-state index contributed by atoms with van der Waals surface area (Å²) in [4.78, 5) is 26.8. The molecular formula is C12H23N3O3. The molecule has 2 N–H and O–H groups in total. The van der Waals surface area contributed by atoms with Gasteiger partial charge in [-0.05, 0) is 27.3 Å². The van der Waals surface area contributed by atoms with E-state index in [9.17, 15) is 9.59 Å². The van der Waals surface area contributed by atoms with Crippen LogP contribution >= 0.6 is 0 Å². The summed E-state index contributed by atoms with van der Waals surface area (Å²) in [5.41, 5.74) is 0. The summed E-state index contributed by atoms with van der Waals surface area (Å²) in [6.07, 6.45) is 0.389. The summed E-state index contributed by atoms with van der Waals surface area (Å²) < 4.78 is 0. The molecule has 3 unspecified atom stereocenters. The molecule has 0 spiro atoms.